The number of benzene rings is 2. The monoisotopic (exact) mass is 529 g/mol. The van der Waals surface area contributed by atoms with Crippen LogP contribution in [0.1, 0.15) is 27.2 Å². The second-order valence-electron chi connectivity index (χ2n) is 6.38. The molecule has 0 aliphatic carbocycles. The molecule has 0 spiro atoms. The zero-order chi connectivity index (χ0) is 21.3. The van der Waals surface area contributed by atoms with Gasteiger partial charge in [-0.2, -0.15) is 0 Å². The Morgan fingerprint density at radius 1 is 1.13 bits per heavy atom. The number of hydrogen-bond acceptors (Lipinski definition) is 6. The van der Waals surface area contributed by atoms with Crippen molar-refractivity contribution in [2.45, 2.75) is 6.92 Å². The van der Waals surface area contributed by atoms with Crippen molar-refractivity contribution in [3.8, 4) is 5.75 Å². The number of cyclic esters (lactones) is 1. The highest BCUT2D eigenvalue weighted by molar-refractivity contribution is 9.11. The van der Waals surface area contributed by atoms with Crippen LogP contribution < -0.4 is 4.74 Å². The van der Waals surface area contributed by atoms with E-state index in [2.05, 4.69) is 36.9 Å². The number of nitrogens with zero attached hydrogens (tertiary/aromatic N) is 1. The molecule has 0 unspecified atom stereocenters. The summed E-state index contributed by atoms with van der Waals surface area (Å²) in [6.45, 7) is 1.94. The van der Waals surface area contributed by atoms with E-state index in [9.17, 15) is 9.59 Å². The predicted molar refractivity (Wildman–Crippen MR) is 117 cm³/mol. The Kier molecular flexibility index (Phi) is 5.69. The number of halogens is 2. The van der Waals surface area contributed by atoms with Gasteiger partial charge in [0.15, 0.2) is 11.4 Å². The lowest BCUT2D eigenvalue weighted by Gasteiger charge is -2.10. The van der Waals surface area contributed by atoms with Gasteiger partial charge in [-0.25, -0.2) is 14.6 Å². The molecule has 2 aromatic carbocycles. The van der Waals surface area contributed by atoms with Crippen LogP contribution in [0.3, 0.4) is 0 Å². The van der Waals surface area contributed by atoms with Crippen molar-refractivity contribution >= 4 is 55.8 Å². The van der Waals surface area contributed by atoms with Crippen molar-refractivity contribution in [1.29, 1.82) is 0 Å². The maximum Gasteiger partial charge on any atom is 0.379 e. The summed E-state index contributed by atoms with van der Waals surface area (Å²) in [6.07, 6.45) is 2.89. The van der Waals surface area contributed by atoms with Crippen LogP contribution in [-0.2, 0) is 9.53 Å². The van der Waals surface area contributed by atoms with Crippen molar-refractivity contribution in [1.82, 2.24) is 0 Å². The van der Waals surface area contributed by atoms with Crippen LogP contribution in [0, 0.1) is 6.92 Å². The zero-order valence-corrected chi connectivity index (χ0v) is 18.7. The first-order valence-corrected chi connectivity index (χ1v) is 10.3. The fourth-order valence-electron chi connectivity index (χ4n) is 2.79. The van der Waals surface area contributed by atoms with Crippen molar-refractivity contribution < 1.29 is 23.5 Å². The molecule has 1 aromatic heterocycles. The Hall–Kier alpha value is -2.97. The summed E-state index contributed by atoms with van der Waals surface area (Å²) >= 11 is 6.79. The highest BCUT2D eigenvalue weighted by atomic mass is 79.9. The molecule has 3 aromatic rings. The lowest BCUT2D eigenvalue weighted by atomic mass is 10.1. The minimum Gasteiger partial charge on any atom is -0.457 e. The van der Waals surface area contributed by atoms with E-state index in [1.54, 1.807) is 18.2 Å². The molecule has 0 saturated heterocycles. The van der Waals surface area contributed by atoms with Crippen LogP contribution in [0.25, 0.3) is 6.08 Å². The molecule has 4 rings (SSSR count). The van der Waals surface area contributed by atoms with E-state index in [1.807, 2.05) is 31.2 Å². The summed E-state index contributed by atoms with van der Waals surface area (Å²) in [5, 5.41) is 0. The second kappa shape index (κ2) is 8.41. The van der Waals surface area contributed by atoms with E-state index in [1.165, 1.54) is 18.4 Å². The van der Waals surface area contributed by atoms with Gasteiger partial charge in [0.1, 0.15) is 0 Å². The predicted octanol–water partition coefficient (Wildman–Crippen LogP) is 5.68. The summed E-state index contributed by atoms with van der Waals surface area (Å²) in [6, 6.07) is 14.0. The Labute approximate surface area is 188 Å². The highest BCUT2D eigenvalue weighted by Gasteiger charge is 2.25. The molecule has 0 radical (unpaired) electrons. The van der Waals surface area contributed by atoms with Crippen molar-refractivity contribution in [3.05, 3.63) is 91.9 Å². The van der Waals surface area contributed by atoms with Gasteiger partial charge in [0.05, 0.1) is 10.7 Å². The number of furan rings is 1. The molecule has 30 heavy (non-hydrogen) atoms. The molecule has 6 nitrogen and oxygen atoms in total. The number of carbonyl (C=O) groups is 2. The Bertz CT molecular complexity index is 1210. The summed E-state index contributed by atoms with van der Waals surface area (Å²) in [5.41, 5.74) is 2.27. The number of ether oxygens (including phenoxy) is 2. The Morgan fingerprint density at radius 3 is 2.70 bits per heavy atom. The van der Waals surface area contributed by atoms with Gasteiger partial charge in [-0.15, -0.1) is 0 Å². The third-order valence-corrected chi connectivity index (χ3v) is 5.18. The first-order chi connectivity index (χ1) is 14.4. The van der Waals surface area contributed by atoms with E-state index in [0.29, 0.717) is 20.1 Å². The lowest BCUT2D eigenvalue weighted by Crippen LogP contribution is -2.09. The molecular weight excluding hydrogens is 518 g/mol. The van der Waals surface area contributed by atoms with Gasteiger partial charge in [0.2, 0.25) is 11.7 Å². The van der Waals surface area contributed by atoms with E-state index >= 15 is 0 Å². The lowest BCUT2D eigenvalue weighted by molar-refractivity contribution is -0.129. The van der Waals surface area contributed by atoms with E-state index in [4.69, 9.17) is 13.9 Å². The fourth-order valence-corrected chi connectivity index (χ4v) is 4.13. The topological polar surface area (TPSA) is 78.1 Å². The van der Waals surface area contributed by atoms with Crippen LogP contribution in [0.5, 0.6) is 5.75 Å². The maximum absolute atomic E-state index is 12.4. The maximum atomic E-state index is 12.4. The van der Waals surface area contributed by atoms with Gasteiger partial charge in [-0.1, -0.05) is 33.6 Å². The van der Waals surface area contributed by atoms with Crippen LogP contribution in [0.4, 0.5) is 0 Å². The molecule has 150 valence electrons. The van der Waals surface area contributed by atoms with Crippen LogP contribution in [0.2, 0.25) is 0 Å². The zero-order valence-electron chi connectivity index (χ0n) is 15.5. The standard InChI is InChI=1S/C22H13Br2NO5/c1-12-4-2-5-13(8-12)20-25-17(21(26)30-20)10-14-9-15(23)11-16(24)19(14)29-22(27)18-6-3-7-28-18/h2-11H,1H3/b17-10-. The summed E-state index contributed by atoms with van der Waals surface area (Å²) in [5.74, 6) is -0.757. The number of aliphatic imine (C=N–C) groups is 1. The van der Waals surface area contributed by atoms with Crippen molar-refractivity contribution in [3.63, 3.8) is 0 Å². The van der Waals surface area contributed by atoms with Crippen molar-refractivity contribution in [2.75, 3.05) is 0 Å². The third kappa shape index (κ3) is 4.29. The van der Waals surface area contributed by atoms with Crippen LogP contribution in [0.15, 0.2) is 78.8 Å². The third-order valence-electron chi connectivity index (χ3n) is 4.13. The summed E-state index contributed by atoms with van der Waals surface area (Å²) in [4.78, 5) is 29.1. The van der Waals surface area contributed by atoms with Crippen molar-refractivity contribution in [2.24, 2.45) is 4.99 Å². The van der Waals surface area contributed by atoms with Gasteiger partial charge < -0.3 is 13.9 Å². The first-order valence-electron chi connectivity index (χ1n) is 8.75. The second-order valence-corrected chi connectivity index (χ2v) is 8.15. The average molecular weight is 531 g/mol. The Morgan fingerprint density at radius 2 is 1.97 bits per heavy atom. The SMILES string of the molecule is Cc1cccc(C2=N/C(=C\c3cc(Br)cc(Br)c3OC(=O)c3ccco3)C(=O)O2)c1. The normalized spacial score (nSPS) is 14.6. The number of esters is 2. The minimum atomic E-state index is -0.666. The van der Waals surface area contributed by atoms with E-state index in [0.717, 1.165) is 5.56 Å². The molecule has 2 heterocycles. The molecule has 0 amide bonds. The molecule has 8 heteroatoms. The molecule has 0 saturated carbocycles. The quantitative estimate of drug-likeness (QED) is 0.246. The largest absolute Gasteiger partial charge is 0.457 e. The summed E-state index contributed by atoms with van der Waals surface area (Å²) < 4.78 is 17.1. The van der Waals surface area contributed by atoms with Gasteiger partial charge in [0, 0.05) is 15.6 Å². The number of carbonyl (C=O) groups excluding carboxylic acids is 2. The van der Waals surface area contributed by atoms with Gasteiger partial charge in [-0.3, -0.25) is 0 Å². The summed E-state index contributed by atoms with van der Waals surface area (Å²) in [7, 11) is 0. The molecule has 1 aliphatic rings. The molecule has 0 atom stereocenters. The van der Waals surface area contributed by atoms with Crippen LogP contribution >= 0.6 is 31.9 Å². The highest BCUT2D eigenvalue weighted by Crippen LogP contribution is 2.35. The van der Waals surface area contributed by atoms with Crippen LogP contribution in [-0.4, -0.2) is 17.8 Å². The number of rotatable bonds is 4. The molecule has 0 bridgehead atoms. The van der Waals surface area contributed by atoms with E-state index < -0.39 is 11.9 Å². The number of hydrogen-bond donors (Lipinski definition) is 0. The van der Waals surface area contributed by atoms with Gasteiger partial charge in [0.25, 0.3) is 0 Å². The smallest absolute Gasteiger partial charge is 0.379 e. The first kappa shape index (κ1) is 20.3. The van der Waals surface area contributed by atoms with Gasteiger partial charge in [-0.05, 0) is 65.3 Å². The fraction of sp³-hybridized carbons (Fsp3) is 0.0455. The van der Waals surface area contributed by atoms with Gasteiger partial charge >= 0.3 is 11.9 Å². The number of aryl methyl sites for hydroxylation is 1. The molecular formula is C22H13Br2NO5. The minimum absolute atomic E-state index is 0.0588. The average Bonchev–Trinajstić information content (AvgIpc) is 3.35. The molecule has 0 N–H and O–H groups in total. The Balaban J connectivity index is 1.72. The molecule has 0 fully saturated rings. The van der Waals surface area contributed by atoms with E-state index in [-0.39, 0.29) is 23.1 Å². The molecule has 1 aliphatic heterocycles.